The maximum absolute atomic E-state index is 12.3. The lowest BCUT2D eigenvalue weighted by Crippen LogP contribution is -2.49. The number of ketones is 2. The Bertz CT molecular complexity index is 584. The summed E-state index contributed by atoms with van der Waals surface area (Å²) >= 11 is 0. The van der Waals surface area contributed by atoms with Crippen molar-refractivity contribution in [1.29, 1.82) is 0 Å². The molecule has 0 amide bonds. The van der Waals surface area contributed by atoms with Gasteiger partial charge in [-0.15, -0.1) is 0 Å². The van der Waals surface area contributed by atoms with Gasteiger partial charge in [0.2, 0.25) is 0 Å². The highest BCUT2D eigenvalue weighted by Gasteiger charge is 2.57. The molecule has 0 spiro atoms. The standard InChI is InChI=1S/C19H24O2/c1-18-9-7-13(20)11-12(18)3-4-14-15-5-6-17(21)19(15,2)10-8-16(14)18/h3-4,11,14-16H,5-10H2,1-2H3/t14-,15-,16-,18+,19-/m1/s1. The Labute approximate surface area is 126 Å². The van der Waals surface area contributed by atoms with Gasteiger partial charge in [0.25, 0.3) is 0 Å². The SMILES string of the molecule is C[C@@]12CC[C@@H]3[C@H](C=CC4=CC(=O)CC[C@@]43C)[C@H]1CCC2=O. The van der Waals surface area contributed by atoms with E-state index in [1.54, 1.807) is 0 Å². The molecule has 0 N–H and O–H groups in total. The molecule has 112 valence electrons. The molecular weight excluding hydrogens is 260 g/mol. The minimum atomic E-state index is -0.0758. The molecule has 4 rings (SSSR count). The molecule has 0 heterocycles. The molecule has 2 heteroatoms. The molecule has 0 aliphatic heterocycles. The van der Waals surface area contributed by atoms with Crippen LogP contribution in [0.25, 0.3) is 0 Å². The Morgan fingerprint density at radius 2 is 1.76 bits per heavy atom. The van der Waals surface area contributed by atoms with Gasteiger partial charge < -0.3 is 0 Å². The fourth-order valence-corrected chi connectivity index (χ4v) is 5.77. The maximum Gasteiger partial charge on any atom is 0.156 e. The highest BCUT2D eigenvalue weighted by molar-refractivity contribution is 5.92. The van der Waals surface area contributed by atoms with Crippen LogP contribution in [0.2, 0.25) is 0 Å². The normalized spacial score (nSPS) is 48.5. The Balaban J connectivity index is 1.77. The molecule has 0 radical (unpaired) electrons. The lowest BCUT2D eigenvalue weighted by Gasteiger charge is -2.54. The number of fused-ring (bicyclic) bond motifs is 5. The van der Waals surface area contributed by atoms with Crippen molar-refractivity contribution in [3.8, 4) is 0 Å². The summed E-state index contributed by atoms with van der Waals surface area (Å²) in [7, 11) is 0. The third kappa shape index (κ3) is 1.65. The zero-order chi connectivity index (χ0) is 14.8. The molecule has 2 saturated carbocycles. The lowest BCUT2D eigenvalue weighted by atomic mass is 9.49. The van der Waals surface area contributed by atoms with E-state index in [1.807, 2.05) is 6.08 Å². The van der Waals surface area contributed by atoms with Crippen molar-refractivity contribution in [2.45, 2.75) is 52.4 Å². The van der Waals surface area contributed by atoms with Crippen LogP contribution in [0.5, 0.6) is 0 Å². The van der Waals surface area contributed by atoms with Gasteiger partial charge >= 0.3 is 0 Å². The summed E-state index contributed by atoms with van der Waals surface area (Å²) in [5, 5.41) is 0. The highest BCUT2D eigenvalue weighted by atomic mass is 16.1. The maximum atomic E-state index is 12.3. The van der Waals surface area contributed by atoms with Crippen LogP contribution in [-0.2, 0) is 9.59 Å². The molecule has 5 atom stereocenters. The molecule has 4 aliphatic rings. The molecule has 0 bridgehead atoms. The lowest BCUT2D eigenvalue weighted by molar-refractivity contribution is -0.130. The highest BCUT2D eigenvalue weighted by Crippen LogP contribution is 2.62. The van der Waals surface area contributed by atoms with Gasteiger partial charge in [-0.3, -0.25) is 9.59 Å². The molecule has 0 aromatic rings. The average Bonchev–Trinajstić information content (AvgIpc) is 2.76. The molecule has 0 aromatic carbocycles. The fraction of sp³-hybridized carbons (Fsp3) is 0.684. The van der Waals surface area contributed by atoms with E-state index in [0.717, 1.165) is 32.1 Å². The van der Waals surface area contributed by atoms with E-state index < -0.39 is 0 Å². The van der Waals surface area contributed by atoms with E-state index in [9.17, 15) is 9.59 Å². The van der Waals surface area contributed by atoms with Crippen molar-refractivity contribution in [2.75, 3.05) is 0 Å². The van der Waals surface area contributed by atoms with Crippen LogP contribution < -0.4 is 0 Å². The van der Waals surface area contributed by atoms with Crippen LogP contribution in [0.15, 0.2) is 23.8 Å². The Hall–Kier alpha value is -1.18. The number of rotatable bonds is 0. The number of allylic oxidation sites excluding steroid dienone is 4. The van der Waals surface area contributed by atoms with Crippen LogP contribution in [0.1, 0.15) is 52.4 Å². The predicted octanol–water partition coefficient (Wildman–Crippen LogP) is 3.86. The van der Waals surface area contributed by atoms with E-state index in [4.69, 9.17) is 0 Å². The second kappa shape index (κ2) is 4.18. The Morgan fingerprint density at radius 3 is 2.57 bits per heavy atom. The molecular formula is C19H24O2. The van der Waals surface area contributed by atoms with Crippen LogP contribution >= 0.6 is 0 Å². The van der Waals surface area contributed by atoms with Crippen LogP contribution in [0, 0.1) is 28.6 Å². The first kappa shape index (κ1) is 13.5. The zero-order valence-electron chi connectivity index (χ0n) is 13.0. The van der Waals surface area contributed by atoms with E-state index in [-0.39, 0.29) is 16.6 Å². The molecule has 4 aliphatic carbocycles. The van der Waals surface area contributed by atoms with Crippen molar-refractivity contribution in [3.05, 3.63) is 23.8 Å². The van der Waals surface area contributed by atoms with Gasteiger partial charge in [-0.2, -0.15) is 0 Å². The van der Waals surface area contributed by atoms with Gasteiger partial charge in [-0.1, -0.05) is 26.0 Å². The fourth-order valence-electron chi connectivity index (χ4n) is 5.77. The quantitative estimate of drug-likeness (QED) is 0.677. The van der Waals surface area contributed by atoms with Crippen molar-refractivity contribution in [3.63, 3.8) is 0 Å². The van der Waals surface area contributed by atoms with Gasteiger partial charge in [-0.25, -0.2) is 0 Å². The van der Waals surface area contributed by atoms with E-state index in [2.05, 4.69) is 26.0 Å². The largest absolute Gasteiger partial charge is 0.299 e. The molecule has 0 aromatic heterocycles. The van der Waals surface area contributed by atoms with E-state index in [0.29, 0.717) is 30.0 Å². The first-order valence-corrected chi connectivity index (χ1v) is 8.42. The molecule has 0 unspecified atom stereocenters. The van der Waals surface area contributed by atoms with Crippen molar-refractivity contribution in [1.82, 2.24) is 0 Å². The summed E-state index contributed by atoms with van der Waals surface area (Å²) in [6.45, 7) is 4.56. The zero-order valence-corrected chi connectivity index (χ0v) is 13.0. The summed E-state index contributed by atoms with van der Waals surface area (Å²) in [5.41, 5.74) is 1.32. The smallest absolute Gasteiger partial charge is 0.156 e. The van der Waals surface area contributed by atoms with Gasteiger partial charge in [0.15, 0.2) is 5.78 Å². The van der Waals surface area contributed by atoms with Crippen molar-refractivity contribution < 1.29 is 9.59 Å². The van der Waals surface area contributed by atoms with Gasteiger partial charge in [-0.05, 0) is 60.5 Å². The first-order valence-electron chi connectivity index (χ1n) is 8.42. The summed E-state index contributed by atoms with van der Waals surface area (Å²) < 4.78 is 0. The minimum absolute atomic E-state index is 0.0758. The van der Waals surface area contributed by atoms with Crippen molar-refractivity contribution in [2.24, 2.45) is 28.6 Å². The average molecular weight is 284 g/mol. The monoisotopic (exact) mass is 284 g/mol. The summed E-state index contributed by atoms with van der Waals surface area (Å²) in [6.07, 6.45) is 12.1. The summed E-state index contributed by atoms with van der Waals surface area (Å²) in [5.74, 6) is 2.44. The number of carbonyl (C=O) groups is 2. The van der Waals surface area contributed by atoms with Gasteiger partial charge in [0.1, 0.15) is 5.78 Å². The number of carbonyl (C=O) groups excluding carboxylic acids is 2. The van der Waals surface area contributed by atoms with Crippen molar-refractivity contribution >= 4 is 11.6 Å². The Morgan fingerprint density at radius 1 is 1.00 bits per heavy atom. The molecule has 0 saturated heterocycles. The number of hydrogen-bond donors (Lipinski definition) is 0. The van der Waals surface area contributed by atoms with E-state index in [1.165, 1.54) is 5.57 Å². The van der Waals surface area contributed by atoms with Gasteiger partial charge in [0, 0.05) is 18.3 Å². The summed E-state index contributed by atoms with van der Waals surface area (Å²) in [4.78, 5) is 24.1. The second-order valence-electron chi connectivity index (χ2n) is 8.05. The molecule has 2 nitrogen and oxygen atoms in total. The van der Waals surface area contributed by atoms with Crippen LogP contribution in [0.4, 0.5) is 0 Å². The minimum Gasteiger partial charge on any atom is -0.299 e. The van der Waals surface area contributed by atoms with Gasteiger partial charge in [0.05, 0.1) is 0 Å². The third-order valence-electron chi connectivity index (χ3n) is 7.22. The van der Waals surface area contributed by atoms with Crippen LogP contribution in [0.3, 0.4) is 0 Å². The van der Waals surface area contributed by atoms with E-state index >= 15 is 0 Å². The second-order valence-corrected chi connectivity index (χ2v) is 8.05. The Kier molecular flexibility index (Phi) is 2.68. The molecule has 21 heavy (non-hydrogen) atoms. The summed E-state index contributed by atoms with van der Waals surface area (Å²) in [6, 6.07) is 0. The number of hydrogen-bond acceptors (Lipinski definition) is 2. The predicted molar refractivity (Wildman–Crippen MR) is 81.6 cm³/mol. The first-order chi connectivity index (χ1) is 9.95. The van der Waals surface area contributed by atoms with Crippen LogP contribution in [-0.4, -0.2) is 11.6 Å². The molecule has 2 fully saturated rings. The third-order valence-corrected chi connectivity index (χ3v) is 7.22. The number of Topliss-reactive ketones (excluding diaryl/α,β-unsaturated/α-hetero) is 1. The topological polar surface area (TPSA) is 34.1 Å².